The molecule has 7 heteroatoms. The summed E-state index contributed by atoms with van der Waals surface area (Å²) in [6.07, 6.45) is 2.40. The Bertz CT molecular complexity index is 861. The minimum Gasteiger partial charge on any atom is -0.477 e. The van der Waals surface area contributed by atoms with Gasteiger partial charge in [0.1, 0.15) is 11.5 Å². The highest BCUT2D eigenvalue weighted by Crippen LogP contribution is 2.35. The molecule has 0 atom stereocenters. The number of aromatic nitrogens is 1. The number of thiophene rings is 1. The lowest BCUT2D eigenvalue weighted by Gasteiger charge is -2.07. The van der Waals surface area contributed by atoms with E-state index in [0.29, 0.717) is 10.1 Å². The molecule has 0 saturated carbocycles. The van der Waals surface area contributed by atoms with Crippen LogP contribution in [0.25, 0.3) is 10.1 Å². The number of carboxylic acid groups (broad SMARTS) is 1. The van der Waals surface area contributed by atoms with Crippen molar-refractivity contribution in [3.8, 4) is 0 Å². The fourth-order valence-corrected chi connectivity index (χ4v) is 3.05. The number of nitrogens with zero attached hydrogens (tertiary/aromatic N) is 1. The highest BCUT2D eigenvalue weighted by Gasteiger charge is 2.20. The number of carbonyl (C=O) groups is 2. The summed E-state index contributed by atoms with van der Waals surface area (Å²) in [5.41, 5.74) is 1.08. The highest BCUT2D eigenvalue weighted by molar-refractivity contribution is 7.21. The van der Waals surface area contributed by atoms with Crippen LogP contribution in [-0.4, -0.2) is 22.2 Å². The van der Waals surface area contributed by atoms with E-state index >= 15 is 0 Å². The summed E-state index contributed by atoms with van der Waals surface area (Å²) >= 11 is 1.06. The Morgan fingerprint density at radius 3 is 2.74 bits per heavy atom. The molecule has 0 aliphatic rings. The molecule has 0 aliphatic heterocycles. The van der Waals surface area contributed by atoms with Crippen molar-refractivity contribution in [3.63, 3.8) is 0 Å². The first-order valence-electron chi connectivity index (χ1n) is 6.72. The maximum Gasteiger partial charge on any atom is 0.412 e. The summed E-state index contributed by atoms with van der Waals surface area (Å²) in [4.78, 5) is 27.3. The summed E-state index contributed by atoms with van der Waals surface area (Å²) in [6.45, 7) is 0.110. The second-order valence-corrected chi connectivity index (χ2v) is 5.72. The number of carbonyl (C=O) groups excluding carboxylic acids is 1. The third kappa shape index (κ3) is 3.29. The van der Waals surface area contributed by atoms with Crippen LogP contribution in [0.3, 0.4) is 0 Å². The topological polar surface area (TPSA) is 88.5 Å². The summed E-state index contributed by atoms with van der Waals surface area (Å²) in [5.74, 6) is -1.11. The van der Waals surface area contributed by atoms with Crippen molar-refractivity contribution in [2.24, 2.45) is 0 Å². The standard InChI is InChI=1S/C16H12N2O4S/c19-15(20)14-13(11-6-7-17-8-12(11)23-14)18-16(21)22-9-10-4-2-1-3-5-10/h1-8H,9H2,(H,18,21)(H,19,20). The number of anilines is 1. The normalized spacial score (nSPS) is 10.4. The van der Waals surface area contributed by atoms with Gasteiger partial charge in [-0.2, -0.15) is 0 Å². The Kier molecular flexibility index (Phi) is 4.20. The van der Waals surface area contributed by atoms with Gasteiger partial charge in [0, 0.05) is 17.8 Å². The summed E-state index contributed by atoms with van der Waals surface area (Å²) < 4.78 is 5.81. The van der Waals surface area contributed by atoms with Gasteiger partial charge in [0.15, 0.2) is 0 Å². The van der Waals surface area contributed by atoms with Gasteiger partial charge in [0.25, 0.3) is 0 Å². The van der Waals surface area contributed by atoms with Crippen LogP contribution in [0, 0.1) is 0 Å². The zero-order valence-corrected chi connectivity index (χ0v) is 12.7. The van der Waals surface area contributed by atoms with E-state index < -0.39 is 12.1 Å². The third-order valence-corrected chi connectivity index (χ3v) is 4.26. The van der Waals surface area contributed by atoms with E-state index in [4.69, 9.17) is 4.74 Å². The predicted molar refractivity (Wildman–Crippen MR) is 86.8 cm³/mol. The number of nitrogens with one attached hydrogen (secondary N) is 1. The van der Waals surface area contributed by atoms with Crippen LogP contribution in [0.4, 0.5) is 10.5 Å². The second-order valence-electron chi connectivity index (χ2n) is 4.67. The van der Waals surface area contributed by atoms with Gasteiger partial charge in [-0.25, -0.2) is 9.59 Å². The smallest absolute Gasteiger partial charge is 0.412 e. The molecule has 0 saturated heterocycles. The number of carboxylic acids is 1. The van der Waals surface area contributed by atoms with Crippen molar-refractivity contribution >= 4 is 39.2 Å². The zero-order chi connectivity index (χ0) is 16.2. The molecule has 0 aliphatic carbocycles. The molecular formula is C16H12N2O4S. The molecule has 0 bridgehead atoms. The summed E-state index contributed by atoms with van der Waals surface area (Å²) in [7, 11) is 0. The number of aromatic carboxylic acids is 1. The fourth-order valence-electron chi connectivity index (χ4n) is 2.09. The van der Waals surface area contributed by atoms with Gasteiger partial charge in [0.2, 0.25) is 0 Å². The largest absolute Gasteiger partial charge is 0.477 e. The lowest BCUT2D eigenvalue weighted by atomic mass is 10.2. The van der Waals surface area contributed by atoms with Crippen LogP contribution in [-0.2, 0) is 11.3 Å². The molecule has 0 unspecified atom stereocenters. The molecular weight excluding hydrogens is 316 g/mol. The van der Waals surface area contributed by atoms with Gasteiger partial charge in [-0.05, 0) is 11.6 Å². The Morgan fingerprint density at radius 2 is 2.00 bits per heavy atom. The van der Waals surface area contributed by atoms with Crippen molar-refractivity contribution in [2.45, 2.75) is 6.61 Å². The number of pyridine rings is 1. The number of hydrogen-bond acceptors (Lipinski definition) is 5. The van der Waals surface area contributed by atoms with Gasteiger partial charge < -0.3 is 9.84 Å². The first-order chi connectivity index (χ1) is 11.1. The van der Waals surface area contributed by atoms with E-state index in [1.54, 1.807) is 18.5 Å². The van der Waals surface area contributed by atoms with E-state index in [-0.39, 0.29) is 17.2 Å². The first-order valence-corrected chi connectivity index (χ1v) is 7.54. The molecule has 1 aromatic carbocycles. The monoisotopic (exact) mass is 328 g/mol. The molecule has 23 heavy (non-hydrogen) atoms. The SMILES string of the molecule is O=C(Nc1c(C(=O)O)sc2cnccc12)OCc1ccccc1. The first kappa shape index (κ1) is 15.0. The van der Waals surface area contributed by atoms with Crippen LogP contribution < -0.4 is 5.32 Å². The Morgan fingerprint density at radius 1 is 1.22 bits per heavy atom. The molecule has 2 heterocycles. The van der Waals surface area contributed by atoms with Gasteiger partial charge in [-0.3, -0.25) is 10.3 Å². The maximum absolute atomic E-state index is 12.0. The minimum atomic E-state index is -1.11. The average molecular weight is 328 g/mol. The molecule has 0 spiro atoms. The van der Waals surface area contributed by atoms with Crippen LogP contribution in [0.15, 0.2) is 48.8 Å². The molecule has 0 radical (unpaired) electrons. The Balaban J connectivity index is 1.79. The second kappa shape index (κ2) is 6.45. The number of ether oxygens (including phenoxy) is 1. The van der Waals surface area contributed by atoms with E-state index in [1.165, 1.54) is 0 Å². The lowest BCUT2D eigenvalue weighted by molar-refractivity contribution is 0.0703. The lowest BCUT2D eigenvalue weighted by Crippen LogP contribution is -2.15. The van der Waals surface area contributed by atoms with Crippen molar-refractivity contribution in [2.75, 3.05) is 5.32 Å². The van der Waals surface area contributed by atoms with Crippen LogP contribution in [0.5, 0.6) is 0 Å². The van der Waals surface area contributed by atoms with Crippen LogP contribution in [0.2, 0.25) is 0 Å². The Hall–Kier alpha value is -2.93. The van der Waals surface area contributed by atoms with Crippen molar-refractivity contribution < 1.29 is 19.4 Å². The minimum absolute atomic E-state index is 0.0460. The molecule has 2 N–H and O–H groups in total. The number of fused-ring (bicyclic) bond motifs is 1. The quantitative estimate of drug-likeness (QED) is 0.761. The van der Waals surface area contributed by atoms with Gasteiger partial charge in [-0.15, -0.1) is 11.3 Å². The van der Waals surface area contributed by atoms with Crippen molar-refractivity contribution in [1.82, 2.24) is 4.98 Å². The fraction of sp³-hybridized carbons (Fsp3) is 0.0625. The summed E-state index contributed by atoms with van der Waals surface area (Å²) in [6, 6.07) is 10.9. The maximum atomic E-state index is 12.0. The molecule has 6 nitrogen and oxygen atoms in total. The zero-order valence-electron chi connectivity index (χ0n) is 11.9. The van der Waals surface area contributed by atoms with Crippen LogP contribution >= 0.6 is 11.3 Å². The predicted octanol–water partition coefficient (Wildman–Crippen LogP) is 3.74. The van der Waals surface area contributed by atoms with E-state index in [0.717, 1.165) is 16.9 Å². The Labute approximate surface area is 135 Å². The molecule has 116 valence electrons. The number of hydrogen-bond donors (Lipinski definition) is 2. The third-order valence-electron chi connectivity index (χ3n) is 3.13. The number of benzene rings is 1. The van der Waals surface area contributed by atoms with Gasteiger partial charge in [0.05, 0.1) is 10.4 Å². The van der Waals surface area contributed by atoms with E-state index in [2.05, 4.69) is 10.3 Å². The van der Waals surface area contributed by atoms with E-state index in [1.807, 2.05) is 30.3 Å². The molecule has 3 aromatic rings. The highest BCUT2D eigenvalue weighted by atomic mass is 32.1. The molecule has 1 amide bonds. The van der Waals surface area contributed by atoms with Crippen molar-refractivity contribution in [3.05, 3.63) is 59.2 Å². The average Bonchev–Trinajstić information content (AvgIpc) is 2.93. The van der Waals surface area contributed by atoms with Crippen molar-refractivity contribution in [1.29, 1.82) is 0 Å². The van der Waals surface area contributed by atoms with Gasteiger partial charge >= 0.3 is 12.1 Å². The molecule has 2 aromatic heterocycles. The number of rotatable bonds is 4. The van der Waals surface area contributed by atoms with E-state index in [9.17, 15) is 14.7 Å². The number of amides is 1. The van der Waals surface area contributed by atoms with Gasteiger partial charge in [-0.1, -0.05) is 30.3 Å². The van der Waals surface area contributed by atoms with Crippen LogP contribution in [0.1, 0.15) is 15.2 Å². The summed E-state index contributed by atoms with van der Waals surface area (Å²) in [5, 5.41) is 12.4. The molecule has 3 rings (SSSR count). The molecule has 0 fully saturated rings.